The second-order valence-corrected chi connectivity index (χ2v) is 6.11. The Bertz CT molecular complexity index is 1160. The predicted molar refractivity (Wildman–Crippen MR) is 101 cm³/mol. The lowest BCUT2D eigenvalue weighted by Crippen LogP contribution is -2.11. The maximum absolute atomic E-state index is 12.8. The van der Waals surface area contributed by atoms with Crippen LogP contribution in [0.4, 0.5) is 0 Å². The first kappa shape index (κ1) is 16.0. The van der Waals surface area contributed by atoms with E-state index in [2.05, 4.69) is 0 Å². The average Bonchev–Trinajstić information content (AvgIpc) is 2.67. The summed E-state index contributed by atoms with van der Waals surface area (Å²) in [6, 6.07) is 19.8. The molecular weight excluding hydrogens is 328 g/mol. The van der Waals surface area contributed by atoms with Crippen LogP contribution in [0.5, 0.6) is 17.2 Å². The van der Waals surface area contributed by atoms with Crippen molar-refractivity contribution in [2.45, 2.75) is 6.92 Å². The highest BCUT2D eigenvalue weighted by atomic mass is 16.5. The first-order valence-corrected chi connectivity index (χ1v) is 8.21. The summed E-state index contributed by atoms with van der Waals surface area (Å²) in [4.78, 5) is 12.8. The van der Waals surface area contributed by atoms with Crippen molar-refractivity contribution in [1.82, 2.24) is 0 Å². The van der Waals surface area contributed by atoms with Crippen molar-refractivity contribution in [3.63, 3.8) is 0 Å². The normalized spacial score (nSPS) is 11.0. The van der Waals surface area contributed by atoms with Crippen LogP contribution in [-0.4, -0.2) is 16.2 Å². The molecule has 4 nitrogen and oxygen atoms in total. The largest absolute Gasteiger partial charge is 0.507 e. The SMILES string of the molecule is Cc1c(C(=O)Oc2cccc3ccccc23)c(O)c2ccccc2c1O. The van der Waals surface area contributed by atoms with Crippen LogP contribution in [0.2, 0.25) is 0 Å². The lowest BCUT2D eigenvalue weighted by Gasteiger charge is -2.14. The highest BCUT2D eigenvalue weighted by Gasteiger charge is 2.23. The molecule has 0 amide bonds. The number of carbonyl (C=O) groups is 1. The topological polar surface area (TPSA) is 66.8 Å². The summed E-state index contributed by atoms with van der Waals surface area (Å²) in [6.07, 6.45) is 0. The zero-order valence-corrected chi connectivity index (χ0v) is 14.1. The molecule has 0 aliphatic rings. The minimum Gasteiger partial charge on any atom is -0.507 e. The molecular formula is C22H16O4. The van der Waals surface area contributed by atoms with Gasteiger partial charge in [-0.2, -0.15) is 0 Å². The molecule has 0 heterocycles. The van der Waals surface area contributed by atoms with Gasteiger partial charge in [-0.25, -0.2) is 4.79 Å². The molecule has 0 radical (unpaired) electrons. The van der Waals surface area contributed by atoms with Crippen molar-refractivity contribution in [2.24, 2.45) is 0 Å². The van der Waals surface area contributed by atoms with E-state index in [1.165, 1.54) is 0 Å². The first-order valence-electron chi connectivity index (χ1n) is 8.21. The predicted octanol–water partition coefficient (Wildman–Crippen LogP) is 4.93. The number of esters is 1. The van der Waals surface area contributed by atoms with Gasteiger partial charge in [-0.15, -0.1) is 0 Å². The fourth-order valence-electron chi connectivity index (χ4n) is 3.21. The Balaban J connectivity index is 1.84. The van der Waals surface area contributed by atoms with Crippen molar-refractivity contribution in [2.75, 3.05) is 0 Å². The summed E-state index contributed by atoms with van der Waals surface area (Å²) in [5, 5.41) is 23.7. The highest BCUT2D eigenvalue weighted by Crippen LogP contribution is 2.39. The van der Waals surface area contributed by atoms with Gasteiger partial charge in [-0.1, -0.05) is 60.7 Å². The van der Waals surface area contributed by atoms with Gasteiger partial charge in [0.05, 0.1) is 0 Å². The summed E-state index contributed by atoms with van der Waals surface area (Å²) in [5.41, 5.74) is 0.251. The van der Waals surface area contributed by atoms with Crippen molar-refractivity contribution in [1.29, 1.82) is 0 Å². The standard InChI is InChI=1S/C22H16O4/c1-13-19(21(24)17-11-5-4-10-16(17)20(13)23)22(25)26-18-12-6-8-14-7-2-3-9-15(14)18/h2-12,23-24H,1H3. The van der Waals surface area contributed by atoms with E-state index in [1.54, 1.807) is 43.3 Å². The third-order valence-electron chi connectivity index (χ3n) is 4.56. The number of phenolic OH excluding ortho intramolecular Hbond substituents is 2. The van der Waals surface area contributed by atoms with Crippen LogP contribution in [0.1, 0.15) is 15.9 Å². The van der Waals surface area contributed by atoms with E-state index in [0.717, 1.165) is 10.8 Å². The second kappa shape index (κ2) is 6.08. The van der Waals surface area contributed by atoms with Crippen LogP contribution in [0.25, 0.3) is 21.5 Å². The second-order valence-electron chi connectivity index (χ2n) is 6.11. The Kier molecular flexibility index (Phi) is 3.73. The molecule has 0 atom stereocenters. The molecule has 0 saturated carbocycles. The molecule has 0 fully saturated rings. The monoisotopic (exact) mass is 344 g/mol. The number of fused-ring (bicyclic) bond motifs is 2. The number of hydrogen-bond acceptors (Lipinski definition) is 4. The van der Waals surface area contributed by atoms with E-state index in [4.69, 9.17) is 4.74 Å². The van der Waals surface area contributed by atoms with Crippen LogP contribution in [0, 0.1) is 6.92 Å². The number of carbonyl (C=O) groups excluding carboxylic acids is 1. The van der Waals surface area contributed by atoms with Crippen LogP contribution in [-0.2, 0) is 0 Å². The van der Waals surface area contributed by atoms with Gasteiger partial charge in [0, 0.05) is 21.7 Å². The number of benzene rings is 4. The van der Waals surface area contributed by atoms with Crippen LogP contribution < -0.4 is 4.74 Å². The van der Waals surface area contributed by atoms with Gasteiger partial charge in [0.1, 0.15) is 22.8 Å². The van der Waals surface area contributed by atoms with Crippen LogP contribution >= 0.6 is 0 Å². The molecule has 0 aromatic heterocycles. The van der Waals surface area contributed by atoms with Crippen molar-refractivity contribution in [3.05, 3.63) is 77.9 Å². The number of aromatic hydroxyl groups is 2. The minimum atomic E-state index is -0.711. The molecule has 0 bridgehead atoms. The smallest absolute Gasteiger partial charge is 0.347 e. The molecule has 0 aliphatic heterocycles. The number of hydrogen-bond donors (Lipinski definition) is 2. The fourth-order valence-corrected chi connectivity index (χ4v) is 3.21. The van der Waals surface area contributed by atoms with E-state index >= 15 is 0 Å². The molecule has 0 saturated heterocycles. The van der Waals surface area contributed by atoms with Gasteiger partial charge in [-0.05, 0) is 18.4 Å². The Morgan fingerprint density at radius 3 is 2.08 bits per heavy atom. The maximum Gasteiger partial charge on any atom is 0.347 e. The Labute approximate surface area is 149 Å². The van der Waals surface area contributed by atoms with E-state index in [1.807, 2.05) is 30.3 Å². The summed E-state index contributed by atoms with van der Waals surface area (Å²) in [5.74, 6) is -0.540. The lowest BCUT2D eigenvalue weighted by molar-refractivity contribution is 0.0733. The third kappa shape index (κ3) is 2.43. The molecule has 4 rings (SSSR count). The van der Waals surface area contributed by atoms with Gasteiger partial charge in [0.25, 0.3) is 0 Å². The maximum atomic E-state index is 12.8. The third-order valence-corrected chi connectivity index (χ3v) is 4.56. The number of rotatable bonds is 2. The summed E-state index contributed by atoms with van der Waals surface area (Å²) in [6.45, 7) is 1.58. The molecule has 4 aromatic rings. The zero-order chi connectivity index (χ0) is 18.3. The van der Waals surface area contributed by atoms with E-state index in [9.17, 15) is 15.0 Å². The van der Waals surface area contributed by atoms with Crippen molar-refractivity contribution < 1.29 is 19.7 Å². The van der Waals surface area contributed by atoms with Gasteiger partial charge in [0.2, 0.25) is 0 Å². The molecule has 0 unspecified atom stereocenters. The Morgan fingerprint density at radius 1 is 0.769 bits per heavy atom. The van der Waals surface area contributed by atoms with Crippen molar-refractivity contribution >= 4 is 27.5 Å². The fraction of sp³-hybridized carbons (Fsp3) is 0.0455. The molecule has 26 heavy (non-hydrogen) atoms. The van der Waals surface area contributed by atoms with Crippen molar-refractivity contribution in [3.8, 4) is 17.2 Å². The quantitative estimate of drug-likeness (QED) is 0.307. The summed E-state index contributed by atoms with van der Waals surface area (Å²) >= 11 is 0. The van der Waals surface area contributed by atoms with E-state index in [-0.39, 0.29) is 22.6 Å². The Morgan fingerprint density at radius 2 is 1.35 bits per heavy atom. The molecule has 4 heteroatoms. The minimum absolute atomic E-state index is 0.0332. The van der Waals surface area contributed by atoms with Gasteiger partial charge in [-0.3, -0.25) is 0 Å². The van der Waals surface area contributed by atoms with Crippen LogP contribution in [0.15, 0.2) is 66.7 Å². The van der Waals surface area contributed by atoms with Gasteiger partial charge >= 0.3 is 5.97 Å². The van der Waals surface area contributed by atoms with Crippen LogP contribution in [0.3, 0.4) is 0 Å². The zero-order valence-electron chi connectivity index (χ0n) is 14.1. The number of phenols is 2. The Hall–Kier alpha value is -3.53. The van der Waals surface area contributed by atoms with Gasteiger partial charge < -0.3 is 14.9 Å². The summed E-state index contributed by atoms with van der Waals surface area (Å²) < 4.78 is 5.57. The highest BCUT2D eigenvalue weighted by molar-refractivity contribution is 6.06. The first-order chi connectivity index (χ1) is 12.6. The average molecular weight is 344 g/mol. The number of ether oxygens (including phenoxy) is 1. The molecule has 2 N–H and O–H groups in total. The van der Waals surface area contributed by atoms with Gasteiger partial charge in [0.15, 0.2) is 0 Å². The van der Waals surface area contributed by atoms with E-state index in [0.29, 0.717) is 16.5 Å². The molecule has 4 aromatic carbocycles. The van der Waals surface area contributed by atoms with E-state index < -0.39 is 5.97 Å². The molecule has 0 spiro atoms. The summed E-state index contributed by atoms with van der Waals surface area (Å²) in [7, 11) is 0. The lowest BCUT2D eigenvalue weighted by atomic mass is 9.98. The molecule has 0 aliphatic carbocycles. The molecule has 128 valence electrons.